The molecule has 2 aromatic heterocycles. The smallest absolute Gasteiger partial charge is 0.220 e. The largest absolute Gasteiger partial charge is 0.393 e. The van der Waals surface area contributed by atoms with Crippen LogP contribution in [0.4, 0.5) is 0 Å². The highest BCUT2D eigenvalue weighted by molar-refractivity contribution is 5.84. The van der Waals surface area contributed by atoms with Crippen molar-refractivity contribution >= 4 is 16.8 Å². The second-order valence-electron chi connectivity index (χ2n) is 7.04. The minimum Gasteiger partial charge on any atom is -0.393 e. The summed E-state index contributed by atoms with van der Waals surface area (Å²) in [4.78, 5) is 20.2. The Hall–Kier alpha value is -2.66. The van der Waals surface area contributed by atoms with Crippen molar-refractivity contribution in [2.24, 2.45) is 5.92 Å². The van der Waals surface area contributed by atoms with Crippen LogP contribution in [-0.4, -0.2) is 27.1 Å². The first-order chi connectivity index (χ1) is 12.7. The molecule has 0 spiro atoms. The molecule has 0 radical (unpaired) electrons. The summed E-state index contributed by atoms with van der Waals surface area (Å²) in [6, 6.07) is 13.7. The van der Waals surface area contributed by atoms with Gasteiger partial charge in [0.15, 0.2) is 0 Å². The van der Waals surface area contributed by atoms with E-state index in [2.05, 4.69) is 21.4 Å². The minimum atomic E-state index is -0.255. The first-order valence-electron chi connectivity index (χ1n) is 9.14. The number of para-hydroxylation sites is 1. The normalized spacial score (nSPS) is 20.5. The zero-order valence-electron chi connectivity index (χ0n) is 14.6. The zero-order chi connectivity index (χ0) is 17.9. The third-order valence-electron chi connectivity index (χ3n) is 5.24. The van der Waals surface area contributed by atoms with E-state index in [-0.39, 0.29) is 24.0 Å². The number of aliphatic hydroxyl groups excluding tert-OH is 1. The lowest BCUT2D eigenvalue weighted by Crippen LogP contribution is -2.41. The van der Waals surface area contributed by atoms with E-state index >= 15 is 0 Å². The number of hydrogen-bond donors (Lipinski definition) is 3. The van der Waals surface area contributed by atoms with Gasteiger partial charge in [0.05, 0.1) is 17.8 Å². The number of pyridine rings is 1. The van der Waals surface area contributed by atoms with E-state index in [9.17, 15) is 9.90 Å². The van der Waals surface area contributed by atoms with Crippen molar-refractivity contribution < 1.29 is 9.90 Å². The Labute approximate surface area is 152 Å². The number of hydrogen-bond acceptors (Lipinski definition) is 3. The lowest BCUT2D eigenvalue weighted by Gasteiger charge is -2.37. The summed E-state index contributed by atoms with van der Waals surface area (Å²) in [6.45, 7) is 0. The van der Waals surface area contributed by atoms with Crippen LogP contribution in [0.1, 0.15) is 36.6 Å². The summed E-state index contributed by atoms with van der Waals surface area (Å²) in [5.41, 5.74) is 3.12. The third kappa shape index (κ3) is 3.48. The first-order valence-corrected chi connectivity index (χ1v) is 9.14. The number of carbonyl (C=O) groups is 1. The van der Waals surface area contributed by atoms with E-state index < -0.39 is 0 Å². The van der Waals surface area contributed by atoms with E-state index in [1.54, 1.807) is 6.20 Å². The van der Waals surface area contributed by atoms with Crippen LogP contribution < -0.4 is 5.32 Å². The highest BCUT2D eigenvalue weighted by Gasteiger charge is 2.36. The van der Waals surface area contributed by atoms with E-state index in [0.717, 1.165) is 16.8 Å². The van der Waals surface area contributed by atoms with Gasteiger partial charge in [-0.15, -0.1) is 0 Å². The molecule has 5 heteroatoms. The zero-order valence-corrected chi connectivity index (χ0v) is 14.6. The monoisotopic (exact) mass is 349 g/mol. The van der Waals surface area contributed by atoms with Crippen molar-refractivity contribution in [3.05, 3.63) is 66.1 Å². The number of nitrogens with one attached hydrogen (secondary N) is 2. The summed E-state index contributed by atoms with van der Waals surface area (Å²) >= 11 is 0. The number of H-pyrrole nitrogens is 1. The fraction of sp³-hybridized carbons (Fsp3) is 0.333. The third-order valence-corrected chi connectivity index (χ3v) is 5.24. The Balaban J connectivity index is 1.42. The summed E-state index contributed by atoms with van der Waals surface area (Å²) < 4.78 is 0. The maximum atomic E-state index is 12.6. The molecule has 3 aromatic rings. The van der Waals surface area contributed by atoms with Crippen LogP contribution in [0, 0.1) is 5.92 Å². The number of aliphatic hydroxyl groups is 1. The summed E-state index contributed by atoms with van der Waals surface area (Å²) in [6.07, 6.45) is 6.02. The van der Waals surface area contributed by atoms with Crippen LogP contribution in [0.3, 0.4) is 0 Å². The van der Waals surface area contributed by atoms with Gasteiger partial charge in [0, 0.05) is 29.7 Å². The lowest BCUT2D eigenvalue weighted by atomic mass is 9.76. The molecule has 0 unspecified atom stereocenters. The molecule has 26 heavy (non-hydrogen) atoms. The van der Waals surface area contributed by atoms with Crippen LogP contribution in [0.2, 0.25) is 0 Å². The Bertz CT molecular complexity index is 884. The molecule has 0 saturated heterocycles. The molecular weight excluding hydrogens is 326 g/mol. The number of nitrogens with zero attached hydrogens (tertiary/aromatic N) is 1. The maximum absolute atomic E-state index is 12.6. The molecule has 1 aliphatic carbocycles. The summed E-state index contributed by atoms with van der Waals surface area (Å²) in [5.74, 6) is 0.268. The molecule has 3 N–H and O–H groups in total. The maximum Gasteiger partial charge on any atom is 0.220 e. The van der Waals surface area contributed by atoms with Crippen molar-refractivity contribution in [3.63, 3.8) is 0 Å². The van der Waals surface area contributed by atoms with Crippen LogP contribution in [0.15, 0.2) is 54.9 Å². The van der Waals surface area contributed by atoms with Crippen LogP contribution in [-0.2, 0) is 11.2 Å². The van der Waals surface area contributed by atoms with Crippen LogP contribution >= 0.6 is 0 Å². The van der Waals surface area contributed by atoms with Crippen LogP contribution in [0.5, 0.6) is 0 Å². The number of carbonyl (C=O) groups excluding carboxylic acids is 1. The number of amides is 1. The van der Waals surface area contributed by atoms with Crippen molar-refractivity contribution in [1.29, 1.82) is 0 Å². The topological polar surface area (TPSA) is 78.0 Å². The van der Waals surface area contributed by atoms with Gasteiger partial charge in [-0.3, -0.25) is 9.78 Å². The molecular formula is C21H23N3O2. The van der Waals surface area contributed by atoms with E-state index in [0.29, 0.717) is 25.7 Å². The molecule has 4 rings (SSSR count). The van der Waals surface area contributed by atoms with Gasteiger partial charge in [-0.25, -0.2) is 0 Å². The summed E-state index contributed by atoms with van der Waals surface area (Å²) in [5, 5.41) is 14.0. The van der Waals surface area contributed by atoms with Gasteiger partial charge in [0.1, 0.15) is 0 Å². The number of aromatic amines is 1. The SMILES string of the molecule is O=C(CCc1c[nH]c2ccccc12)N[C@H](c1ccccn1)C1CC(O)C1. The van der Waals surface area contributed by atoms with Crippen molar-refractivity contribution in [2.75, 3.05) is 0 Å². The number of benzene rings is 1. The van der Waals surface area contributed by atoms with Crippen molar-refractivity contribution in [1.82, 2.24) is 15.3 Å². The van der Waals surface area contributed by atoms with Gasteiger partial charge in [-0.05, 0) is 48.9 Å². The number of rotatable bonds is 6. The van der Waals surface area contributed by atoms with E-state index in [1.165, 1.54) is 5.39 Å². The molecule has 1 aromatic carbocycles. The minimum absolute atomic E-state index is 0.0207. The summed E-state index contributed by atoms with van der Waals surface area (Å²) in [7, 11) is 0. The van der Waals surface area contributed by atoms with Gasteiger partial charge in [0.2, 0.25) is 5.91 Å². The second kappa shape index (κ2) is 7.30. The van der Waals surface area contributed by atoms with Crippen molar-refractivity contribution in [3.8, 4) is 0 Å². The molecule has 0 bridgehead atoms. The highest BCUT2D eigenvalue weighted by atomic mass is 16.3. The van der Waals surface area contributed by atoms with E-state index in [4.69, 9.17) is 0 Å². The highest BCUT2D eigenvalue weighted by Crippen LogP contribution is 2.37. The molecule has 1 amide bonds. The molecule has 134 valence electrons. The average Bonchev–Trinajstić information content (AvgIpc) is 3.06. The van der Waals surface area contributed by atoms with Gasteiger partial charge in [-0.1, -0.05) is 24.3 Å². The quantitative estimate of drug-likeness (QED) is 0.640. The molecule has 1 saturated carbocycles. The molecule has 1 atom stereocenters. The molecule has 1 fully saturated rings. The fourth-order valence-electron chi connectivity index (χ4n) is 3.73. The number of aryl methyl sites for hydroxylation is 1. The predicted molar refractivity (Wildman–Crippen MR) is 100 cm³/mol. The van der Waals surface area contributed by atoms with Gasteiger partial charge in [-0.2, -0.15) is 0 Å². The van der Waals surface area contributed by atoms with Crippen LogP contribution in [0.25, 0.3) is 10.9 Å². The Morgan fingerprint density at radius 2 is 2.04 bits per heavy atom. The Morgan fingerprint density at radius 3 is 2.81 bits per heavy atom. The molecule has 5 nitrogen and oxygen atoms in total. The van der Waals surface area contributed by atoms with Gasteiger partial charge < -0.3 is 15.4 Å². The molecule has 2 heterocycles. The van der Waals surface area contributed by atoms with E-state index in [1.807, 2.05) is 42.6 Å². The van der Waals surface area contributed by atoms with Gasteiger partial charge in [0.25, 0.3) is 0 Å². The standard InChI is InChI=1S/C21H23N3O2/c25-16-11-15(12-16)21(19-7-3-4-10-22-19)24-20(26)9-8-14-13-23-18-6-2-1-5-17(14)18/h1-7,10,13,15-16,21,23,25H,8-9,11-12H2,(H,24,26)/t15?,16?,21-/m0/s1. The van der Waals surface area contributed by atoms with Gasteiger partial charge >= 0.3 is 0 Å². The molecule has 1 aliphatic rings. The Morgan fingerprint density at radius 1 is 1.23 bits per heavy atom. The average molecular weight is 349 g/mol. The van der Waals surface area contributed by atoms with Crippen molar-refractivity contribution in [2.45, 2.75) is 37.8 Å². The Kier molecular flexibility index (Phi) is 4.71. The predicted octanol–water partition coefficient (Wildman–Crippen LogP) is 3.12. The second-order valence-corrected chi connectivity index (χ2v) is 7.04. The molecule has 0 aliphatic heterocycles. The number of fused-ring (bicyclic) bond motifs is 1. The number of aromatic nitrogens is 2. The first kappa shape index (κ1) is 16.8. The fourth-order valence-corrected chi connectivity index (χ4v) is 3.73. The lowest BCUT2D eigenvalue weighted by molar-refractivity contribution is -0.123.